The molecule has 0 radical (unpaired) electrons. The third-order valence-corrected chi connectivity index (χ3v) is 6.68. The Balaban J connectivity index is 1.42. The number of hydrogen-bond donors (Lipinski definition) is 1. The topological polar surface area (TPSA) is 58.4 Å². The number of nitrogens with one attached hydrogen (secondary N) is 1. The van der Waals surface area contributed by atoms with Crippen molar-refractivity contribution in [3.63, 3.8) is 0 Å². The van der Waals surface area contributed by atoms with Crippen LogP contribution in [-0.4, -0.2) is 35.6 Å². The van der Waals surface area contributed by atoms with Crippen LogP contribution in [0.25, 0.3) is 11.3 Å². The first-order chi connectivity index (χ1) is 14.1. The summed E-state index contributed by atoms with van der Waals surface area (Å²) in [4.78, 5) is 16.4. The predicted molar refractivity (Wildman–Crippen MR) is 116 cm³/mol. The summed E-state index contributed by atoms with van der Waals surface area (Å²) in [6.07, 6.45) is 2.40. The third-order valence-electron chi connectivity index (χ3n) is 5.46. The molecule has 1 unspecified atom stereocenters. The summed E-state index contributed by atoms with van der Waals surface area (Å²) in [6, 6.07) is 13.3. The number of hydrogen-bond acceptors (Lipinski definition) is 5. The maximum atomic E-state index is 12.7. The number of piperidine rings is 1. The molecule has 29 heavy (non-hydrogen) atoms. The molecular weight excluding hydrogens is 406 g/mol. The van der Waals surface area contributed by atoms with Gasteiger partial charge in [-0.3, -0.25) is 9.69 Å². The molecule has 0 saturated carbocycles. The first kappa shape index (κ1) is 20.1. The van der Waals surface area contributed by atoms with E-state index in [0.29, 0.717) is 17.3 Å². The number of halogens is 1. The fraction of sp³-hybridized carbons (Fsp3) is 0.364. The van der Waals surface area contributed by atoms with Gasteiger partial charge in [0.1, 0.15) is 0 Å². The molecule has 1 aliphatic heterocycles. The van der Waals surface area contributed by atoms with Crippen LogP contribution in [0.4, 0.5) is 0 Å². The average Bonchev–Trinajstić information content (AvgIpc) is 3.42. The number of amides is 1. The Morgan fingerprint density at radius 1 is 1.31 bits per heavy atom. The van der Waals surface area contributed by atoms with Gasteiger partial charge >= 0.3 is 0 Å². The zero-order valence-corrected chi connectivity index (χ0v) is 17.9. The number of aromatic nitrogens is 1. The minimum Gasteiger partial charge on any atom is -0.355 e. The van der Waals surface area contributed by atoms with Gasteiger partial charge < -0.3 is 9.84 Å². The first-order valence-electron chi connectivity index (χ1n) is 9.88. The highest BCUT2D eigenvalue weighted by Crippen LogP contribution is 2.29. The highest BCUT2D eigenvalue weighted by atomic mass is 35.5. The van der Waals surface area contributed by atoms with Crippen LogP contribution in [0, 0.1) is 5.92 Å². The van der Waals surface area contributed by atoms with Crippen molar-refractivity contribution in [3.05, 3.63) is 63.4 Å². The van der Waals surface area contributed by atoms with Gasteiger partial charge in [-0.1, -0.05) is 29.7 Å². The molecule has 4 rings (SSSR count). The zero-order valence-electron chi connectivity index (χ0n) is 16.3. The van der Waals surface area contributed by atoms with E-state index in [-0.39, 0.29) is 17.6 Å². The normalized spacial score (nSPS) is 16.6. The van der Waals surface area contributed by atoms with Crippen molar-refractivity contribution in [2.45, 2.75) is 25.8 Å². The van der Waals surface area contributed by atoms with Gasteiger partial charge in [0.25, 0.3) is 5.91 Å². The summed E-state index contributed by atoms with van der Waals surface area (Å²) in [7, 11) is 0. The number of benzene rings is 1. The lowest BCUT2D eigenvalue weighted by atomic mass is 9.97. The van der Waals surface area contributed by atoms with E-state index in [1.807, 2.05) is 12.1 Å². The predicted octanol–water partition coefficient (Wildman–Crippen LogP) is 5.26. The summed E-state index contributed by atoms with van der Waals surface area (Å²) in [6.45, 7) is 4.98. The highest BCUT2D eigenvalue weighted by molar-refractivity contribution is 7.10. The highest BCUT2D eigenvalue weighted by Gasteiger charge is 2.26. The van der Waals surface area contributed by atoms with E-state index in [0.717, 1.165) is 24.6 Å². The van der Waals surface area contributed by atoms with Crippen LogP contribution in [0.1, 0.15) is 41.2 Å². The van der Waals surface area contributed by atoms with Crippen molar-refractivity contribution < 1.29 is 9.32 Å². The second-order valence-electron chi connectivity index (χ2n) is 7.54. The number of nitrogens with zero attached hydrogens (tertiary/aromatic N) is 2. The van der Waals surface area contributed by atoms with Crippen molar-refractivity contribution >= 4 is 28.8 Å². The second kappa shape index (κ2) is 9.11. The van der Waals surface area contributed by atoms with Gasteiger partial charge in [0.2, 0.25) is 0 Å². The molecule has 1 N–H and O–H groups in total. The minimum absolute atomic E-state index is 0.189. The molecule has 1 amide bonds. The van der Waals surface area contributed by atoms with Gasteiger partial charge in [-0.25, -0.2) is 0 Å². The Kier molecular flexibility index (Phi) is 6.33. The van der Waals surface area contributed by atoms with Crippen molar-refractivity contribution in [1.82, 2.24) is 15.4 Å². The lowest BCUT2D eigenvalue weighted by molar-refractivity contribution is 0.0906. The molecule has 7 heteroatoms. The van der Waals surface area contributed by atoms with E-state index in [1.165, 1.54) is 17.7 Å². The summed E-state index contributed by atoms with van der Waals surface area (Å²) in [5.41, 5.74) is 1.12. The molecule has 1 saturated heterocycles. The Hall–Kier alpha value is -2.15. The van der Waals surface area contributed by atoms with Crippen LogP contribution in [0.15, 0.2) is 52.4 Å². The van der Waals surface area contributed by atoms with Crippen molar-refractivity contribution in [2.75, 3.05) is 19.6 Å². The summed E-state index contributed by atoms with van der Waals surface area (Å²) >= 11 is 7.66. The molecule has 1 aliphatic rings. The first-order valence-corrected chi connectivity index (χ1v) is 11.1. The minimum atomic E-state index is -0.221. The SMILES string of the molecule is CC1CCN(C(CNC(=O)c2cc(-c3ccc(Cl)cc3)on2)c2cccs2)CC1. The molecule has 0 aliphatic carbocycles. The fourth-order valence-electron chi connectivity index (χ4n) is 3.64. The fourth-order valence-corrected chi connectivity index (χ4v) is 4.63. The van der Waals surface area contributed by atoms with Gasteiger partial charge in [-0.2, -0.15) is 0 Å². The van der Waals surface area contributed by atoms with Crippen LogP contribution in [0.2, 0.25) is 5.02 Å². The lowest BCUT2D eigenvalue weighted by Gasteiger charge is -2.36. The molecule has 0 spiro atoms. The van der Waals surface area contributed by atoms with Crippen LogP contribution >= 0.6 is 22.9 Å². The molecule has 1 atom stereocenters. The average molecular weight is 430 g/mol. The van der Waals surface area contributed by atoms with Crippen LogP contribution < -0.4 is 5.32 Å². The van der Waals surface area contributed by atoms with E-state index in [4.69, 9.17) is 16.1 Å². The Bertz CT molecular complexity index is 931. The molecule has 3 heterocycles. The monoisotopic (exact) mass is 429 g/mol. The molecule has 2 aromatic heterocycles. The Labute approximate surface area is 179 Å². The maximum Gasteiger partial charge on any atom is 0.273 e. The van der Waals surface area contributed by atoms with Crippen LogP contribution in [0.3, 0.4) is 0 Å². The number of rotatable bonds is 6. The molecule has 3 aromatic rings. The smallest absolute Gasteiger partial charge is 0.273 e. The number of carbonyl (C=O) groups excluding carboxylic acids is 1. The van der Waals surface area contributed by atoms with E-state index in [1.54, 1.807) is 29.5 Å². The standard InChI is InChI=1S/C22H24ClN3O2S/c1-15-8-10-26(11-9-15)19(21-3-2-12-29-21)14-24-22(27)18-13-20(28-25-18)16-4-6-17(23)7-5-16/h2-7,12-13,15,19H,8-11,14H2,1H3,(H,24,27). The lowest BCUT2D eigenvalue weighted by Crippen LogP contribution is -2.41. The molecular formula is C22H24ClN3O2S. The molecule has 0 bridgehead atoms. The van der Waals surface area contributed by atoms with E-state index in [2.05, 4.69) is 39.8 Å². The molecule has 5 nitrogen and oxygen atoms in total. The van der Waals surface area contributed by atoms with E-state index >= 15 is 0 Å². The van der Waals surface area contributed by atoms with Gasteiger partial charge in [0.15, 0.2) is 11.5 Å². The Morgan fingerprint density at radius 2 is 2.07 bits per heavy atom. The number of thiophene rings is 1. The number of likely N-dealkylation sites (tertiary alicyclic amines) is 1. The molecule has 1 fully saturated rings. The summed E-state index contributed by atoms with van der Waals surface area (Å²) < 4.78 is 5.36. The zero-order chi connectivity index (χ0) is 20.2. The van der Waals surface area contributed by atoms with E-state index in [9.17, 15) is 4.79 Å². The Morgan fingerprint density at radius 3 is 2.76 bits per heavy atom. The third kappa shape index (κ3) is 4.89. The van der Waals surface area contributed by atoms with Gasteiger partial charge in [0.05, 0.1) is 6.04 Å². The molecule has 1 aromatic carbocycles. The van der Waals surface area contributed by atoms with Gasteiger partial charge in [0, 0.05) is 28.1 Å². The van der Waals surface area contributed by atoms with Gasteiger partial charge in [-0.05, 0) is 67.6 Å². The summed E-state index contributed by atoms with van der Waals surface area (Å²) in [5.74, 6) is 1.10. The van der Waals surface area contributed by atoms with Crippen molar-refractivity contribution in [1.29, 1.82) is 0 Å². The molecule has 152 valence electrons. The maximum absolute atomic E-state index is 12.7. The second-order valence-corrected chi connectivity index (χ2v) is 8.96. The van der Waals surface area contributed by atoms with Crippen molar-refractivity contribution in [3.8, 4) is 11.3 Å². The largest absolute Gasteiger partial charge is 0.355 e. The van der Waals surface area contributed by atoms with Crippen LogP contribution in [-0.2, 0) is 0 Å². The van der Waals surface area contributed by atoms with Crippen molar-refractivity contribution in [2.24, 2.45) is 5.92 Å². The van der Waals surface area contributed by atoms with E-state index < -0.39 is 0 Å². The summed E-state index contributed by atoms with van der Waals surface area (Å²) in [5, 5.41) is 9.74. The van der Waals surface area contributed by atoms with Crippen LogP contribution in [0.5, 0.6) is 0 Å². The van der Waals surface area contributed by atoms with Gasteiger partial charge in [-0.15, -0.1) is 11.3 Å². The number of carbonyl (C=O) groups is 1. The quantitative estimate of drug-likeness (QED) is 0.580.